The summed E-state index contributed by atoms with van der Waals surface area (Å²) in [6.07, 6.45) is -0.741. The molecule has 0 aliphatic carbocycles. The lowest BCUT2D eigenvalue weighted by molar-refractivity contribution is -0.160. The van der Waals surface area contributed by atoms with Crippen LogP contribution in [0.5, 0.6) is 0 Å². The summed E-state index contributed by atoms with van der Waals surface area (Å²) in [4.78, 5) is 61.7. The molecule has 0 spiro atoms. The third kappa shape index (κ3) is 15.2. The highest BCUT2D eigenvalue weighted by Gasteiger charge is 2.32. The zero-order valence-corrected chi connectivity index (χ0v) is 21.8. The number of hydrogen-bond donors (Lipinski definition) is 3. The third-order valence-electron chi connectivity index (χ3n) is 3.69. The molecule has 196 valence electrons. The van der Waals surface area contributed by atoms with E-state index in [1.54, 1.807) is 62.3 Å². The maximum Gasteiger partial charge on any atom is 0.329 e. The van der Waals surface area contributed by atoms with Crippen molar-refractivity contribution in [3.63, 3.8) is 0 Å². The van der Waals surface area contributed by atoms with Crippen molar-refractivity contribution in [3.05, 3.63) is 0 Å². The lowest BCUT2D eigenvalue weighted by atomic mass is 10.1. The van der Waals surface area contributed by atoms with Crippen LogP contribution in [0.2, 0.25) is 0 Å². The summed E-state index contributed by atoms with van der Waals surface area (Å²) in [7, 11) is 0. The highest BCUT2D eigenvalue weighted by Crippen LogP contribution is 2.14. The molecule has 2 atom stereocenters. The number of carbonyl (C=O) groups excluding carboxylic acids is 5. The van der Waals surface area contributed by atoms with Crippen molar-refractivity contribution in [1.82, 2.24) is 10.6 Å². The molecule has 2 unspecified atom stereocenters. The smallest absolute Gasteiger partial charge is 0.329 e. The van der Waals surface area contributed by atoms with Gasteiger partial charge in [-0.3, -0.25) is 14.4 Å². The minimum Gasteiger partial charge on any atom is -0.460 e. The van der Waals surface area contributed by atoms with Crippen LogP contribution in [0.4, 0.5) is 0 Å². The largest absolute Gasteiger partial charge is 0.460 e. The van der Waals surface area contributed by atoms with Gasteiger partial charge in [0.2, 0.25) is 11.8 Å². The average molecular weight is 488 g/mol. The molecule has 0 aromatic carbocycles. The fourth-order valence-corrected chi connectivity index (χ4v) is 2.53. The van der Waals surface area contributed by atoms with E-state index >= 15 is 0 Å². The van der Waals surface area contributed by atoms with E-state index in [1.807, 2.05) is 0 Å². The van der Waals surface area contributed by atoms with E-state index in [2.05, 4.69) is 10.6 Å². The van der Waals surface area contributed by atoms with Crippen molar-refractivity contribution in [1.29, 1.82) is 0 Å². The molecule has 0 rings (SSSR count). The first-order valence-electron chi connectivity index (χ1n) is 11.2. The zero-order valence-electron chi connectivity index (χ0n) is 21.8. The van der Waals surface area contributed by atoms with Crippen LogP contribution in [0.1, 0.15) is 81.6 Å². The number of esters is 3. The molecular formula is C23H41N3O8. The van der Waals surface area contributed by atoms with E-state index < -0.39 is 71.6 Å². The number of ether oxygens (including phenoxy) is 3. The Hall–Kier alpha value is -2.69. The molecule has 0 radical (unpaired) electrons. The Morgan fingerprint density at radius 1 is 0.676 bits per heavy atom. The standard InChI is InChI=1S/C23H41N3O8/c1-21(2,3)32-18(29)11-10-14(19(30)33-22(4,5)6)25-16(27)12-15(26-17(28)13-24)20(31)34-23(7,8)9/h14-15H,10-13,24H2,1-9H3,(H,25,27)(H,26,28). The Morgan fingerprint density at radius 2 is 1.09 bits per heavy atom. The van der Waals surface area contributed by atoms with Gasteiger partial charge in [0.05, 0.1) is 13.0 Å². The maximum absolute atomic E-state index is 12.7. The number of nitrogens with two attached hydrogens (primary N) is 1. The second-order valence-corrected chi connectivity index (χ2v) is 10.8. The number of amides is 2. The van der Waals surface area contributed by atoms with Gasteiger partial charge in [0.1, 0.15) is 28.9 Å². The van der Waals surface area contributed by atoms with Crippen LogP contribution in [0.15, 0.2) is 0 Å². The Bertz CT molecular complexity index is 745. The van der Waals surface area contributed by atoms with Crippen LogP contribution in [0.3, 0.4) is 0 Å². The first-order chi connectivity index (χ1) is 15.2. The minimum absolute atomic E-state index is 0.0815. The summed E-state index contributed by atoms with van der Waals surface area (Å²) in [6.45, 7) is 14.7. The molecule has 11 nitrogen and oxygen atoms in total. The summed E-state index contributed by atoms with van der Waals surface area (Å²) in [5, 5.41) is 4.83. The first-order valence-corrected chi connectivity index (χ1v) is 11.2. The highest BCUT2D eigenvalue weighted by molar-refractivity contribution is 5.91. The normalized spacial score (nSPS) is 13.8. The molecule has 0 saturated carbocycles. The van der Waals surface area contributed by atoms with Crippen molar-refractivity contribution in [3.8, 4) is 0 Å². The minimum atomic E-state index is -1.32. The predicted octanol–water partition coefficient (Wildman–Crippen LogP) is 1.11. The summed E-state index contributed by atoms with van der Waals surface area (Å²) < 4.78 is 15.9. The van der Waals surface area contributed by atoms with Gasteiger partial charge in [-0.1, -0.05) is 0 Å². The predicted molar refractivity (Wildman–Crippen MR) is 124 cm³/mol. The van der Waals surface area contributed by atoms with Crippen LogP contribution in [0.25, 0.3) is 0 Å². The topological polar surface area (TPSA) is 163 Å². The molecule has 0 heterocycles. The van der Waals surface area contributed by atoms with Crippen molar-refractivity contribution in [2.75, 3.05) is 6.54 Å². The van der Waals surface area contributed by atoms with Crippen LogP contribution >= 0.6 is 0 Å². The fourth-order valence-electron chi connectivity index (χ4n) is 2.53. The van der Waals surface area contributed by atoms with Gasteiger partial charge >= 0.3 is 17.9 Å². The van der Waals surface area contributed by atoms with Gasteiger partial charge in [-0.2, -0.15) is 0 Å². The molecule has 4 N–H and O–H groups in total. The molecule has 0 bridgehead atoms. The fraction of sp³-hybridized carbons (Fsp3) is 0.783. The van der Waals surface area contributed by atoms with E-state index in [0.717, 1.165) is 0 Å². The molecule has 0 fully saturated rings. The lowest BCUT2D eigenvalue weighted by Gasteiger charge is -2.26. The van der Waals surface area contributed by atoms with Crippen LogP contribution in [-0.2, 0) is 38.2 Å². The molecule has 0 aromatic rings. The van der Waals surface area contributed by atoms with Gasteiger partial charge in [-0.25, -0.2) is 9.59 Å². The van der Waals surface area contributed by atoms with Gasteiger partial charge in [0, 0.05) is 6.42 Å². The monoisotopic (exact) mass is 487 g/mol. The van der Waals surface area contributed by atoms with Gasteiger partial charge in [0.15, 0.2) is 0 Å². The Morgan fingerprint density at radius 3 is 1.50 bits per heavy atom. The van der Waals surface area contributed by atoms with E-state index in [1.165, 1.54) is 0 Å². The Balaban J connectivity index is 5.47. The Labute approximate surface area is 201 Å². The second kappa shape index (κ2) is 12.7. The molecule has 34 heavy (non-hydrogen) atoms. The summed E-state index contributed by atoms with van der Waals surface area (Å²) in [5.74, 6) is -3.50. The van der Waals surface area contributed by atoms with Gasteiger partial charge in [0.25, 0.3) is 0 Å². The molecule has 11 heteroatoms. The second-order valence-electron chi connectivity index (χ2n) is 10.8. The number of nitrogens with one attached hydrogen (secondary N) is 2. The summed E-state index contributed by atoms with van der Waals surface area (Å²) in [5.41, 5.74) is 2.91. The molecule has 0 aromatic heterocycles. The van der Waals surface area contributed by atoms with Crippen LogP contribution in [0, 0.1) is 0 Å². The van der Waals surface area contributed by atoms with Gasteiger partial charge in [-0.15, -0.1) is 0 Å². The van der Waals surface area contributed by atoms with E-state index in [-0.39, 0.29) is 12.8 Å². The van der Waals surface area contributed by atoms with E-state index in [9.17, 15) is 24.0 Å². The van der Waals surface area contributed by atoms with Crippen molar-refractivity contribution < 1.29 is 38.2 Å². The highest BCUT2D eigenvalue weighted by atomic mass is 16.6. The van der Waals surface area contributed by atoms with Gasteiger partial charge < -0.3 is 30.6 Å². The quantitative estimate of drug-likeness (QED) is 0.302. The van der Waals surface area contributed by atoms with Gasteiger partial charge in [-0.05, 0) is 68.7 Å². The number of carbonyl (C=O) groups is 5. The molecule has 0 aliphatic heterocycles. The zero-order chi connectivity index (χ0) is 26.9. The van der Waals surface area contributed by atoms with Crippen molar-refractivity contribution >= 4 is 29.7 Å². The molecule has 0 saturated heterocycles. The van der Waals surface area contributed by atoms with Crippen LogP contribution < -0.4 is 16.4 Å². The Kier molecular flexibility index (Phi) is 11.7. The molecular weight excluding hydrogens is 446 g/mol. The summed E-state index contributed by atoms with van der Waals surface area (Å²) in [6, 6.07) is -2.50. The lowest BCUT2D eigenvalue weighted by Crippen LogP contribution is -2.50. The SMILES string of the molecule is CC(C)(C)OC(=O)CCC(NC(=O)CC(NC(=O)CN)C(=O)OC(C)(C)C)C(=O)OC(C)(C)C. The average Bonchev–Trinajstić information content (AvgIpc) is 2.59. The number of hydrogen-bond acceptors (Lipinski definition) is 9. The van der Waals surface area contributed by atoms with Crippen molar-refractivity contribution in [2.45, 2.75) is 110 Å². The first kappa shape index (κ1) is 31.3. The van der Waals surface area contributed by atoms with Crippen molar-refractivity contribution in [2.24, 2.45) is 5.73 Å². The molecule has 0 aliphatic rings. The van der Waals surface area contributed by atoms with E-state index in [4.69, 9.17) is 19.9 Å². The van der Waals surface area contributed by atoms with E-state index in [0.29, 0.717) is 0 Å². The number of rotatable bonds is 10. The summed E-state index contributed by atoms with van der Waals surface area (Å²) >= 11 is 0. The van der Waals surface area contributed by atoms with Crippen LogP contribution in [-0.4, -0.2) is 65.2 Å². The maximum atomic E-state index is 12.7. The third-order valence-corrected chi connectivity index (χ3v) is 3.69. The molecule has 2 amide bonds.